The van der Waals surface area contributed by atoms with Crippen LogP contribution in [0.3, 0.4) is 0 Å². The van der Waals surface area contributed by atoms with Gasteiger partial charge in [0.15, 0.2) is 5.82 Å². The molecule has 5 heterocycles. The van der Waals surface area contributed by atoms with Crippen LogP contribution in [0.5, 0.6) is 5.75 Å². The second-order valence-corrected chi connectivity index (χ2v) is 16.7. The lowest BCUT2D eigenvalue weighted by molar-refractivity contribution is -0.120. The largest absolute Gasteiger partial charge is 0.488 e. The molecule has 15 heteroatoms. The van der Waals surface area contributed by atoms with Crippen molar-refractivity contribution in [2.24, 2.45) is 7.05 Å². The molecule has 2 atom stereocenters. The van der Waals surface area contributed by atoms with Gasteiger partial charge in [-0.25, -0.2) is 23.3 Å². The number of urea groups is 1. The minimum atomic E-state index is -1.32. The van der Waals surface area contributed by atoms with Crippen molar-refractivity contribution >= 4 is 57.2 Å². The molecule has 8 rings (SSSR count). The molecule has 280 valence electrons. The first kappa shape index (κ1) is 35.9. The van der Waals surface area contributed by atoms with Crippen molar-refractivity contribution in [2.75, 3.05) is 49.5 Å². The molecule has 2 N–H and O–H groups in total. The van der Waals surface area contributed by atoms with Crippen molar-refractivity contribution in [3.8, 4) is 5.75 Å². The summed E-state index contributed by atoms with van der Waals surface area (Å²) < 4.78 is 23.8. The average Bonchev–Trinajstić information content (AvgIpc) is 3.96. The standard InChI is InChI=1S/C38H46ClN9O4S/c1-24(23-46-14-9-26(10-15-46)27-5-7-31-33(19-27)45(2)44-36(31)48-18-13-35(49)43-38(48)50)52-34-20-30(6-8-32(34)39)53(51)47-16-11-29(12-17-47)42-37-40-21-28(22-41-37)25-3-4-25/h5-8,19-22,24-26,29H,3-4,9-18,23H2,1-2H3,(H,40,41,42)(H,43,49,50). The van der Waals surface area contributed by atoms with Gasteiger partial charge in [0.05, 0.1) is 15.4 Å². The van der Waals surface area contributed by atoms with E-state index in [0.717, 1.165) is 56.2 Å². The number of likely N-dealkylation sites (tertiary alicyclic amines) is 1. The zero-order valence-electron chi connectivity index (χ0n) is 30.2. The Morgan fingerprint density at radius 2 is 1.68 bits per heavy atom. The van der Waals surface area contributed by atoms with E-state index in [2.05, 4.69) is 49.7 Å². The van der Waals surface area contributed by atoms with E-state index in [0.29, 0.717) is 58.9 Å². The summed E-state index contributed by atoms with van der Waals surface area (Å²) in [5.41, 5.74) is 3.45. The highest BCUT2D eigenvalue weighted by Gasteiger charge is 2.30. The van der Waals surface area contributed by atoms with E-state index in [-0.39, 0.29) is 24.5 Å². The lowest BCUT2D eigenvalue weighted by Gasteiger charge is -2.34. The molecule has 4 fully saturated rings. The number of carbonyl (C=O) groups is 2. The number of aryl methyl sites for hydroxylation is 1. The molecule has 3 saturated heterocycles. The van der Waals surface area contributed by atoms with Crippen LogP contribution in [0.15, 0.2) is 53.7 Å². The summed E-state index contributed by atoms with van der Waals surface area (Å²) in [6, 6.07) is 11.6. The minimum Gasteiger partial charge on any atom is -0.488 e. The summed E-state index contributed by atoms with van der Waals surface area (Å²) in [6.45, 7) is 6.42. The van der Waals surface area contributed by atoms with Crippen molar-refractivity contribution in [1.82, 2.24) is 34.3 Å². The van der Waals surface area contributed by atoms with Gasteiger partial charge in [0.1, 0.15) is 22.8 Å². The number of fused-ring (bicyclic) bond motifs is 1. The van der Waals surface area contributed by atoms with E-state index >= 15 is 0 Å². The Kier molecular flexibility index (Phi) is 10.4. The van der Waals surface area contributed by atoms with Gasteiger partial charge in [-0.15, -0.1) is 0 Å². The second-order valence-electron chi connectivity index (χ2n) is 14.8. The molecule has 2 unspecified atom stereocenters. The van der Waals surface area contributed by atoms with Crippen molar-refractivity contribution in [2.45, 2.75) is 80.7 Å². The Hall–Kier alpha value is -4.11. The summed E-state index contributed by atoms with van der Waals surface area (Å²) in [4.78, 5) is 37.8. The predicted molar refractivity (Wildman–Crippen MR) is 205 cm³/mol. The molecule has 0 spiro atoms. The molecule has 3 aliphatic heterocycles. The first-order valence-corrected chi connectivity index (χ1v) is 20.2. The van der Waals surface area contributed by atoms with E-state index in [1.807, 2.05) is 46.6 Å². The number of hydrogen-bond acceptors (Lipinski definition) is 9. The molecule has 2 aromatic heterocycles. The minimum absolute atomic E-state index is 0.110. The quantitative estimate of drug-likeness (QED) is 0.201. The van der Waals surface area contributed by atoms with Crippen LogP contribution < -0.4 is 20.3 Å². The molecule has 53 heavy (non-hydrogen) atoms. The third kappa shape index (κ3) is 8.06. The maximum Gasteiger partial charge on any atom is 0.329 e. The average molecular weight is 760 g/mol. The van der Waals surface area contributed by atoms with Gasteiger partial charge in [0, 0.05) is 63.5 Å². The molecule has 1 saturated carbocycles. The number of imide groups is 1. The van der Waals surface area contributed by atoms with Gasteiger partial charge in [-0.2, -0.15) is 5.10 Å². The highest BCUT2D eigenvalue weighted by molar-refractivity contribution is 7.82. The zero-order valence-corrected chi connectivity index (χ0v) is 31.7. The zero-order chi connectivity index (χ0) is 36.6. The van der Waals surface area contributed by atoms with Crippen LogP contribution in [0.4, 0.5) is 16.6 Å². The van der Waals surface area contributed by atoms with Gasteiger partial charge < -0.3 is 10.1 Å². The Morgan fingerprint density at radius 1 is 0.943 bits per heavy atom. The van der Waals surface area contributed by atoms with Gasteiger partial charge >= 0.3 is 6.03 Å². The third-order valence-corrected chi connectivity index (χ3v) is 12.7. The maximum atomic E-state index is 13.6. The topological polar surface area (TPSA) is 138 Å². The number of piperidine rings is 2. The Balaban J connectivity index is 0.818. The first-order chi connectivity index (χ1) is 25.7. The van der Waals surface area contributed by atoms with Gasteiger partial charge in [0.2, 0.25) is 11.9 Å². The number of hydrogen-bond donors (Lipinski definition) is 2. The first-order valence-electron chi connectivity index (χ1n) is 18.7. The molecule has 3 amide bonds. The van der Waals surface area contributed by atoms with Crippen LogP contribution >= 0.6 is 11.6 Å². The Labute approximate surface area is 317 Å². The molecular formula is C38H46ClN9O4S. The normalized spacial score (nSPS) is 20.8. The van der Waals surface area contributed by atoms with Crippen molar-refractivity contribution in [1.29, 1.82) is 0 Å². The summed E-state index contributed by atoms with van der Waals surface area (Å²) in [5, 5.41) is 11.9. The highest BCUT2D eigenvalue weighted by Crippen LogP contribution is 2.39. The van der Waals surface area contributed by atoms with Crippen molar-refractivity contribution in [3.05, 3.63) is 64.9 Å². The molecule has 1 aliphatic carbocycles. The van der Waals surface area contributed by atoms with E-state index in [1.54, 1.807) is 11.0 Å². The predicted octanol–water partition coefficient (Wildman–Crippen LogP) is 5.59. The summed E-state index contributed by atoms with van der Waals surface area (Å²) in [6.07, 6.45) is 10.2. The summed E-state index contributed by atoms with van der Waals surface area (Å²) in [5.74, 6) is 2.59. The van der Waals surface area contributed by atoms with Gasteiger partial charge in [-0.05, 0) is 112 Å². The molecular weight excluding hydrogens is 714 g/mol. The van der Waals surface area contributed by atoms with Crippen LogP contribution in [0.25, 0.3) is 10.9 Å². The van der Waals surface area contributed by atoms with Crippen LogP contribution in [-0.2, 0) is 22.8 Å². The van der Waals surface area contributed by atoms with E-state index < -0.39 is 17.0 Å². The fourth-order valence-corrected chi connectivity index (χ4v) is 9.16. The number of nitrogens with zero attached hydrogens (tertiary/aromatic N) is 7. The lowest BCUT2D eigenvalue weighted by Crippen LogP contribution is -2.49. The maximum absolute atomic E-state index is 13.6. The molecule has 13 nitrogen and oxygen atoms in total. The van der Waals surface area contributed by atoms with E-state index in [9.17, 15) is 13.8 Å². The molecule has 2 aromatic carbocycles. The van der Waals surface area contributed by atoms with Crippen molar-refractivity contribution in [3.63, 3.8) is 0 Å². The number of anilines is 2. The monoisotopic (exact) mass is 759 g/mol. The molecule has 0 bridgehead atoms. The number of ether oxygens (including phenoxy) is 1. The Morgan fingerprint density at radius 3 is 2.40 bits per heavy atom. The number of nitrogens with one attached hydrogen (secondary N) is 2. The molecule has 4 aromatic rings. The number of carbonyl (C=O) groups excluding carboxylic acids is 2. The van der Waals surface area contributed by atoms with Crippen LogP contribution in [-0.4, -0.2) is 96.5 Å². The fourth-order valence-electron chi connectivity index (χ4n) is 7.76. The van der Waals surface area contributed by atoms with Gasteiger partial charge in [-0.1, -0.05) is 17.7 Å². The summed E-state index contributed by atoms with van der Waals surface area (Å²) >= 11 is 6.58. The van der Waals surface area contributed by atoms with Gasteiger partial charge in [-0.3, -0.25) is 24.6 Å². The van der Waals surface area contributed by atoms with Gasteiger partial charge in [0.25, 0.3) is 0 Å². The number of aromatic nitrogens is 4. The summed E-state index contributed by atoms with van der Waals surface area (Å²) in [7, 11) is 0.567. The fraction of sp³-hybridized carbons (Fsp3) is 0.500. The number of benzene rings is 2. The number of rotatable bonds is 11. The Bertz CT molecular complexity index is 2010. The highest BCUT2D eigenvalue weighted by atomic mass is 35.5. The third-order valence-electron chi connectivity index (χ3n) is 10.9. The molecule has 4 aliphatic rings. The van der Waals surface area contributed by atoms with Crippen LogP contribution in [0.2, 0.25) is 5.02 Å². The second kappa shape index (κ2) is 15.3. The smallest absolute Gasteiger partial charge is 0.329 e. The molecule has 0 radical (unpaired) electrons. The SMILES string of the molecule is CC(CN1CCC(c2ccc3c(N4CCC(=O)NC4=O)nn(C)c3c2)CC1)Oc1cc(S(=O)N2CCC(Nc3ncc(C4CC4)cn3)CC2)ccc1Cl. The van der Waals surface area contributed by atoms with Crippen molar-refractivity contribution < 1.29 is 18.5 Å². The van der Waals surface area contributed by atoms with E-state index in [1.165, 1.54) is 24.0 Å². The number of halogens is 1. The number of amides is 3. The van der Waals surface area contributed by atoms with Crippen LogP contribution in [0, 0.1) is 0 Å². The van der Waals surface area contributed by atoms with Crippen LogP contribution in [0.1, 0.15) is 74.8 Å². The lowest BCUT2D eigenvalue weighted by atomic mass is 9.89. The van der Waals surface area contributed by atoms with E-state index in [4.69, 9.17) is 16.3 Å².